The lowest BCUT2D eigenvalue weighted by Gasteiger charge is -2.23. The molecule has 1 heterocycles. The van der Waals surface area contributed by atoms with Crippen molar-refractivity contribution in [3.63, 3.8) is 0 Å². The molecule has 2 aromatic rings. The van der Waals surface area contributed by atoms with Crippen molar-refractivity contribution in [2.75, 3.05) is 13.2 Å². The van der Waals surface area contributed by atoms with Gasteiger partial charge in [0, 0.05) is 5.02 Å². The van der Waals surface area contributed by atoms with Crippen molar-refractivity contribution < 1.29 is 19.4 Å². The number of nitrogens with zero attached hydrogens (tertiary/aromatic N) is 2. The summed E-state index contributed by atoms with van der Waals surface area (Å²) in [5, 5.41) is 11.8. The molecule has 0 aliphatic heterocycles. The van der Waals surface area contributed by atoms with Gasteiger partial charge in [0.05, 0.1) is 37.6 Å². The summed E-state index contributed by atoms with van der Waals surface area (Å²) in [6.07, 6.45) is 7.43. The van der Waals surface area contributed by atoms with Crippen LogP contribution in [-0.2, 0) is 16.1 Å². The monoisotopic (exact) mass is 478 g/mol. The summed E-state index contributed by atoms with van der Waals surface area (Å²) in [5.74, 6) is 0.506. The van der Waals surface area contributed by atoms with E-state index in [1.807, 2.05) is 29.7 Å². The second-order valence-electron chi connectivity index (χ2n) is 8.42. The topological polar surface area (TPSA) is 73.6 Å². The average molecular weight is 479 g/mol. The van der Waals surface area contributed by atoms with Crippen LogP contribution in [0.1, 0.15) is 88.9 Å². The highest BCUT2D eigenvalue weighted by molar-refractivity contribution is 6.31. The van der Waals surface area contributed by atoms with Gasteiger partial charge in [-0.1, -0.05) is 63.6 Å². The Bertz CT molecular complexity index is 868. The Morgan fingerprint density at radius 1 is 1.15 bits per heavy atom. The fraction of sp³-hybridized carbons (Fsp3) is 0.615. The molecule has 7 heteroatoms. The number of aliphatic hydroxyl groups excluding tert-OH is 1. The van der Waals surface area contributed by atoms with E-state index in [0.29, 0.717) is 30.3 Å². The molecular formula is C26H39ClN2O4. The molecule has 0 radical (unpaired) electrons. The predicted molar refractivity (Wildman–Crippen MR) is 132 cm³/mol. The van der Waals surface area contributed by atoms with Crippen LogP contribution >= 0.6 is 11.6 Å². The van der Waals surface area contributed by atoms with Crippen molar-refractivity contribution in [3.8, 4) is 5.75 Å². The van der Waals surface area contributed by atoms with Crippen LogP contribution in [0, 0.1) is 12.8 Å². The maximum absolute atomic E-state index is 12.6. The van der Waals surface area contributed by atoms with Crippen LogP contribution in [-0.4, -0.2) is 33.8 Å². The minimum absolute atomic E-state index is 0.288. The highest BCUT2D eigenvalue weighted by Crippen LogP contribution is 2.30. The number of carbonyl (C=O) groups excluding carboxylic acids is 1. The van der Waals surface area contributed by atoms with Crippen molar-refractivity contribution >= 4 is 17.6 Å². The number of hydrogen-bond donors (Lipinski definition) is 1. The summed E-state index contributed by atoms with van der Waals surface area (Å²) in [6.45, 7) is 9.34. The van der Waals surface area contributed by atoms with Gasteiger partial charge in [-0.25, -0.2) is 4.98 Å². The predicted octanol–water partition coefficient (Wildman–Crippen LogP) is 6.26. The number of carbonyl (C=O) groups is 1. The van der Waals surface area contributed by atoms with E-state index >= 15 is 0 Å². The van der Waals surface area contributed by atoms with Gasteiger partial charge in [0.25, 0.3) is 0 Å². The maximum atomic E-state index is 12.6. The number of imidazole rings is 1. The molecule has 184 valence electrons. The standard InChI is InChI=1S/C26H39ClN2O4/c1-5-8-10-12-22(26(31)32-7-3)25(30)24-17-28-19(4)29(24)18-20-13-14-21(16-23(20)27)33-15-11-9-6-2/h13-14,16-17,22,25,30H,5-12,15,18H2,1-4H3. The van der Waals surface area contributed by atoms with Gasteiger partial charge in [-0.15, -0.1) is 0 Å². The number of hydrogen-bond acceptors (Lipinski definition) is 5. The van der Waals surface area contributed by atoms with Crippen LogP contribution in [0.2, 0.25) is 5.02 Å². The van der Waals surface area contributed by atoms with Crippen molar-refractivity contribution in [1.82, 2.24) is 9.55 Å². The highest BCUT2D eigenvalue weighted by Gasteiger charge is 2.31. The molecule has 1 aromatic carbocycles. The minimum atomic E-state index is -0.998. The van der Waals surface area contributed by atoms with Gasteiger partial charge < -0.3 is 19.1 Å². The van der Waals surface area contributed by atoms with Gasteiger partial charge in [0.1, 0.15) is 17.7 Å². The van der Waals surface area contributed by atoms with Crippen molar-refractivity contribution in [1.29, 1.82) is 0 Å². The van der Waals surface area contributed by atoms with E-state index in [1.54, 1.807) is 13.1 Å². The van der Waals surface area contributed by atoms with Gasteiger partial charge >= 0.3 is 5.97 Å². The summed E-state index contributed by atoms with van der Waals surface area (Å²) in [5.41, 5.74) is 1.49. The smallest absolute Gasteiger partial charge is 0.311 e. The number of aryl methyl sites for hydroxylation is 1. The average Bonchev–Trinajstić information content (AvgIpc) is 3.16. The Hall–Kier alpha value is -2.05. The van der Waals surface area contributed by atoms with E-state index in [4.69, 9.17) is 21.1 Å². The van der Waals surface area contributed by atoms with Crippen LogP contribution in [0.5, 0.6) is 5.75 Å². The molecule has 1 aromatic heterocycles. The lowest BCUT2D eigenvalue weighted by molar-refractivity contribution is -0.152. The van der Waals surface area contributed by atoms with E-state index in [2.05, 4.69) is 18.8 Å². The zero-order valence-electron chi connectivity index (χ0n) is 20.5. The zero-order valence-corrected chi connectivity index (χ0v) is 21.2. The number of aliphatic hydroxyl groups is 1. The first-order valence-corrected chi connectivity index (χ1v) is 12.6. The fourth-order valence-corrected chi connectivity index (χ4v) is 4.09. The van der Waals surface area contributed by atoms with E-state index in [0.717, 1.165) is 55.7 Å². The molecule has 0 aliphatic rings. The van der Waals surface area contributed by atoms with Crippen molar-refractivity contribution in [3.05, 3.63) is 46.5 Å². The van der Waals surface area contributed by atoms with Gasteiger partial charge in [0.2, 0.25) is 0 Å². The molecule has 0 saturated heterocycles. The summed E-state index contributed by atoms with van der Waals surface area (Å²) < 4.78 is 13.0. The molecule has 1 N–H and O–H groups in total. The minimum Gasteiger partial charge on any atom is -0.494 e. The van der Waals surface area contributed by atoms with Crippen molar-refractivity contribution in [2.45, 2.75) is 85.3 Å². The lowest BCUT2D eigenvalue weighted by atomic mass is 9.93. The maximum Gasteiger partial charge on any atom is 0.311 e. The van der Waals surface area contributed by atoms with Crippen molar-refractivity contribution in [2.24, 2.45) is 5.92 Å². The van der Waals surface area contributed by atoms with E-state index in [-0.39, 0.29) is 12.6 Å². The molecule has 0 saturated carbocycles. The number of esters is 1. The second kappa shape index (κ2) is 14.3. The van der Waals surface area contributed by atoms with E-state index in [9.17, 15) is 9.90 Å². The van der Waals surface area contributed by atoms with Crippen LogP contribution in [0.15, 0.2) is 24.4 Å². The first kappa shape index (κ1) is 27.2. The molecule has 2 unspecified atom stereocenters. The number of aromatic nitrogens is 2. The first-order chi connectivity index (χ1) is 15.9. The van der Waals surface area contributed by atoms with Gasteiger partial charge in [-0.05, 0) is 44.4 Å². The summed E-state index contributed by atoms with van der Waals surface area (Å²) in [7, 11) is 0. The fourth-order valence-electron chi connectivity index (χ4n) is 3.86. The quantitative estimate of drug-likeness (QED) is 0.241. The number of unbranched alkanes of at least 4 members (excludes halogenated alkanes) is 4. The SMILES string of the molecule is CCCCCOc1ccc(Cn2c(C(O)C(CCCCC)C(=O)OCC)cnc2C)c(Cl)c1. The number of rotatable bonds is 15. The third-order valence-corrected chi connectivity index (χ3v) is 6.20. The van der Waals surface area contributed by atoms with Crippen LogP contribution < -0.4 is 4.74 Å². The summed E-state index contributed by atoms with van der Waals surface area (Å²) in [4.78, 5) is 17.0. The Kier molecular flexibility index (Phi) is 11.8. The molecule has 0 bridgehead atoms. The molecule has 0 spiro atoms. The van der Waals surface area contributed by atoms with E-state index < -0.39 is 12.0 Å². The van der Waals surface area contributed by atoms with Gasteiger partial charge in [-0.3, -0.25) is 4.79 Å². The van der Waals surface area contributed by atoms with E-state index in [1.165, 1.54) is 0 Å². The van der Waals surface area contributed by atoms with Crippen LogP contribution in [0.3, 0.4) is 0 Å². The molecule has 6 nitrogen and oxygen atoms in total. The van der Waals surface area contributed by atoms with Crippen LogP contribution in [0.25, 0.3) is 0 Å². The Balaban J connectivity index is 2.19. The largest absolute Gasteiger partial charge is 0.494 e. The lowest BCUT2D eigenvalue weighted by Crippen LogP contribution is -2.26. The number of ether oxygens (including phenoxy) is 2. The number of benzene rings is 1. The zero-order chi connectivity index (χ0) is 24.2. The Morgan fingerprint density at radius 2 is 1.88 bits per heavy atom. The molecule has 0 fully saturated rings. The van der Waals surface area contributed by atoms with Gasteiger partial charge in [0.15, 0.2) is 0 Å². The Labute approximate surface area is 203 Å². The molecule has 2 rings (SSSR count). The van der Waals surface area contributed by atoms with Crippen LogP contribution in [0.4, 0.5) is 0 Å². The molecule has 0 aliphatic carbocycles. The summed E-state index contributed by atoms with van der Waals surface area (Å²) >= 11 is 6.56. The molecule has 33 heavy (non-hydrogen) atoms. The third kappa shape index (κ3) is 8.04. The number of halogens is 1. The third-order valence-electron chi connectivity index (χ3n) is 5.85. The Morgan fingerprint density at radius 3 is 2.55 bits per heavy atom. The summed E-state index contributed by atoms with van der Waals surface area (Å²) in [6, 6.07) is 5.69. The molecular weight excluding hydrogens is 440 g/mol. The van der Waals surface area contributed by atoms with Gasteiger partial charge in [-0.2, -0.15) is 0 Å². The second-order valence-corrected chi connectivity index (χ2v) is 8.83. The molecule has 2 atom stereocenters. The highest BCUT2D eigenvalue weighted by atomic mass is 35.5. The first-order valence-electron chi connectivity index (χ1n) is 12.2. The normalized spacial score (nSPS) is 13.0. The molecule has 0 amide bonds.